The van der Waals surface area contributed by atoms with E-state index >= 15 is 0 Å². The van der Waals surface area contributed by atoms with Crippen molar-refractivity contribution in [1.82, 2.24) is 10.3 Å². The van der Waals surface area contributed by atoms with Gasteiger partial charge in [0.2, 0.25) is 0 Å². The van der Waals surface area contributed by atoms with Gasteiger partial charge in [-0.25, -0.2) is 4.79 Å². The van der Waals surface area contributed by atoms with Gasteiger partial charge in [0, 0.05) is 12.6 Å². The number of aromatic nitrogens is 1. The van der Waals surface area contributed by atoms with Crippen molar-refractivity contribution in [3.8, 4) is 0 Å². The molecule has 4 N–H and O–H groups in total. The molecule has 0 aliphatic carbocycles. The summed E-state index contributed by atoms with van der Waals surface area (Å²) in [5, 5.41) is 19.1. The minimum absolute atomic E-state index is 0.0110. The average Bonchev–Trinajstić information content (AvgIpc) is 3.03. The smallest absolute Gasteiger partial charge is 0.328 e. The third-order valence-corrected chi connectivity index (χ3v) is 2.96. The minimum atomic E-state index is -1.46. The fourth-order valence-corrected chi connectivity index (χ4v) is 1.83. The highest BCUT2D eigenvalue weighted by Crippen LogP contribution is 2.11. The van der Waals surface area contributed by atoms with Gasteiger partial charge in [0.15, 0.2) is 11.9 Å². The van der Waals surface area contributed by atoms with E-state index in [0.29, 0.717) is 6.21 Å². The molecule has 0 saturated carbocycles. The third kappa shape index (κ3) is 6.03. The number of hydrogen-bond donors (Lipinski definition) is 4. The van der Waals surface area contributed by atoms with Crippen molar-refractivity contribution in [2.24, 2.45) is 0 Å². The number of aromatic amines is 1. The van der Waals surface area contributed by atoms with E-state index in [1.165, 1.54) is 6.07 Å². The number of rotatable bonds is 9. The summed E-state index contributed by atoms with van der Waals surface area (Å²) >= 11 is 0. The number of nitrogens with one attached hydrogen (secondary N) is 3. The van der Waals surface area contributed by atoms with Gasteiger partial charge in [0.05, 0.1) is 18.0 Å². The highest BCUT2D eigenvalue weighted by molar-refractivity contribution is 6.26. The maximum Gasteiger partial charge on any atom is 0.328 e. The average molecular weight is 323 g/mol. The standard InChI is InChI=1S/C15H21N3O5/c1-9(2)23-15(22)12(6-5-10(19)8-16)18-14(21)13(20)11-4-3-7-17-11/h3-4,7-9,12-13,16-17,20H,5-6H2,1-2H3,(H,18,21)/t12-,13+/m0/s1. The van der Waals surface area contributed by atoms with Crippen LogP contribution in [0, 0.1) is 5.41 Å². The van der Waals surface area contributed by atoms with Crippen LogP contribution in [0.3, 0.4) is 0 Å². The van der Waals surface area contributed by atoms with Crippen LogP contribution in [0.15, 0.2) is 18.3 Å². The molecule has 0 bridgehead atoms. The normalized spacial score (nSPS) is 13.2. The second-order valence-electron chi connectivity index (χ2n) is 5.22. The second-order valence-corrected chi connectivity index (χ2v) is 5.22. The number of aliphatic hydroxyl groups excluding tert-OH is 1. The molecule has 1 aromatic heterocycles. The van der Waals surface area contributed by atoms with Crippen LogP contribution in [0.5, 0.6) is 0 Å². The summed E-state index contributed by atoms with van der Waals surface area (Å²) in [6.07, 6.45) is 0.273. The summed E-state index contributed by atoms with van der Waals surface area (Å²) in [6, 6.07) is 2.09. The maximum atomic E-state index is 12.0. The van der Waals surface area contributed by atoms with Gasteiger partial charge in [-0.05, 0) is 32.4 Å². The van der Waals surface area contributed by atoms with E-state index in [9.17, 15) is 19.5 Å². The summed E-state index contributed by atoms with van der Waals surface area (Å²) in [4.78, 5) is 37.9. The number of carbonyl (C=O) groups is 3. The van der Waals surface area contributed by atoms with Gasteiger partial charge < -0.3 is 25.6 Å². The summed E-state index contributed by atoms with van der Waals surface area (Å²) in [7, 11) is 0. The van der Waals surface area contributed by atoms with Crippen LogP contribution in [0.2, 0.25) is 0 Å². The van der Waals surface area contributed by atoms with Crippen LogP contribution < -0.4 is 5.32 Å². The van der Waals surface area contributed by atoms with Crippen molar-refractivity contribution in [3.05, 3.63) is 24.0 Å². The molecule has 0 aromatic carbocycles. The Balaban J connectivity index is 2.74. The van der Waals surface area contributed by atoms with Crippen LogP contribution in [-0.4, -0.2) is 46.1 Å². The molecule has 0 fully saturated rings. The molecule has 0 radical (unpaired) electrons. The van der Waals surface area contributed by atoms with Crippen molar-refractivity contribution in [1.29, 1.82) is 5.41 Å². The molecule has 0 aliphatic heterocycles. The number of ketones is 1. The van der Waals surface area contributed by atoms with Gasteiger partial charge in [0.1, 0.15) is 6.04 Å². The fourth-order valence-electron chi connectivity index (χ4n) is 1.83. The van der Waals surface area contributed by atoms with Gasteiger partial charge in [-0.2, -0.15) is 0 Å². The number of Topliss-reactive ketones (excluding diaryl/α,β-unsaturated/α-hetero) is 1. The van der Waals surface area contributed by atoms with Crippen LogP contribution in [-0.2, 0) is 19.1 Å². The molecule has 0 aliphatic rings. The summed E-state index contributed by atoms with van der Waals surface area (Å²) in [5.41, 5.74) is 0.286. The lowest BCUT2D eigenvalue weighted by molar-refractivity contribution is -0.152. The topological polar surface area (TPSA) is 132 Å². The van der Waals surface area contributed by atoms with Crippen molar-refractivity contribution in [2.75, 3.05) is 0 Å². The molecule has 23 heavy (non-hydrogen) atoms. The molecule has 126 valence electrons. The monoisotopic (exact) mass is 323 g/mol. The molecule has 0 spiro atoms. The van der Waals surface area contributed by atoms with Crippen molar-refractivity contribution < 1.29 is 24.2 Å². The van der Waals surface area contributed by atoms with Crippen molar-refractivity contribution in [3.63, 3.8) is 0 Å². The number of H-pyrrole nitrogens is 1. The molecule has 0 unspecified atom stereocenters. The molecule has 1 aromatic rings. The molecule has 0 saturated heterocycles. The first-order chi connectivity index (χ1) is 10.8. The van der Waals surface area contributed by atoms with Crippen molar-refractivity contribution >= 4 is 23.9 Å². The number of esters is 1. The lowest BCUT2D eigenvalue weighted by Crippen LogP contribution is -2.44. The van der Waals surface area contributed by atoms with Gasteiger partial charge >= 0.3 is 5.97 Å². The van der Waals surface area contributed by atoms with Gasteiger partial charge in [0.25, 0.3) is 5.91 Å². The van der Waals surface area contributed by atoms with E-state index in [4.69, 9.17) is 10.1 Å². The summed E-state index contributed by atoms with van der Waals surface area (Å²) in [6.45, 7) is 3.32. The first-order valence-electron chi connectivity index (χ1n) is 7.20. The zero-order valence-electron chi connectivity index (χ0n) is 13.0. The largest absolute Gasteiger partial charge is 0.461 e. The van der Waals surface area contributed by atoms with Gasteiger partial charge in [-0.1, -0.05) is 0 Å². The Morgan fingerprint density at radius 1 is 1.43 bits per heavy atom. The predicted octanol–water partition coefficient (Wildman–Crippen LogP) is 0.483. The zero-order valence-corrected chi connectivity index (χ0v) is 13.0. The fraction of sp³-hybridized carbons (Fsp3) is 0.467. The molecule has 8 nitrogen and oxygen atoms in total. The highest BCUT2D eigenvalue weighted by atomic mass is 16.5. The zero-order chi connectivity index (χ0) is 17.4. The van der Waals surface area contributed by atoms with Crippen LogP contribution in [0.25, 0.3) is 0 Å². The van der Waals surface area contributed by atoms with Crippen LogP contribution >= 0.6 is 0 Å². The van der Waals surface area contributed by atoms with E-state index in [2.05, 4.69) is 10.3 Å². The number of hydrogen-bond acceptors (Lipinski definition) is 6. The Kier molecular flexibility index (Phi) is 7.14. The number of aliphatic hydroxyl groups is 1. The first kappa shape index (κ1) is 18.6. The van der Waals surface area contributed by atoms with E-state index in [0.717, 1.165) is 0 Å². The Labute approximate surface area is 133 Å². The lowest BCUT2D eigenvalue weighted by Gasteiger charge is -2.20. The lowest BCUT2D eigenvalue weighted by atomic mass is 10.1. The first-order valence-corrected chi connectivity index (χ1v) is 7.20. The summed E-state index contributed by atoms with van der Waals surface area (Å²) < 4.78 is 5.04. The quantitative estimate of drug-likeness (QED) is 0.388. The molecule has 1 rings (SSSR count). The maximum absolute atomic E-state index is 12.0. The number of amides is 1. The minimum Gasteiger partial charge on any atom is -0.461 e. The van der Waals surface area contributed by atoms with E-state index in [1.807, 2.05) is 0 Å². The summed E-state index contributed by atoms with van der Waals surface area (Å²) in [5.74, 6) is -1.93. The van der Waals surface area contributed by atoms with E-state index in [1.54, 1.807) is 26.1 Å². The molecular weight excluding hydrogens is 302 g/mol. The molecule has 8 heteroatoms. The van der Waals surface area contributed by atoms with Gasteiger partial charge in [-0.15, -0.1) is 0 Å². The Hall–Kier alpha value is -2.48. The third-order valence-electron chi connectivity index (χ3n) is 2.96. The van der Waals surface area contributed by atoms with E-state index < -0.39 is 29.8 Å². The number of carbonyl (C=O) groups excluding carboxylic acids is 3. The van der Waals surface area contributed by atoms with Crippen LogP contribution in [0.1, 0.15) is 38.5 Å². The molecule has 1 amide bonds. The second kappa shape index (κ2) is 8.84. The van der Waals surface area contributed by atoms with Gasteiger partial charge in [-0.3, -0.25) is 9.59 Å². The SMILES string of the molecule is CC(C)OC(=O)[C@H](CCC(=O)C=N)NC(=O)[C@H](O)c1ccc[nH]1. The Bertz CT molecular complexity index is 553. The van der Waals surface area contributed by atoms with Crippen LogP contribution in [0.4, 0.5) is 0 Å². The Morgan fingerprint density at radius 3 is 2.65 bits per heavy atom. The molecule has 2 atom stereocenters. The number of ether oxygens (including phenoxy) is 1. The predicted molar refractivity (Wildman–Crippen MR) is 81.9 cm³/mol. The molecule has 1 heterocycles. The molecular formula is C15H21N3O5. The highest BCUT2D eigenvalue weighted by Gasteiger charge is 2.27. The van der Waals surface area contributed by atoms with Crippen molar-refractivity contribution in [2.45, 2.75) is 44.9 Å². The van der Waals surface area contributed by atoms with E-state index in [-0.39, 0.29) is 24.6 Å². The Morgan fingerprint density at radius 2 is 2.13 bits per heavy atom.